The molecule has 0 saturated carbocycles. The van der Waals surface area contributed by atoms with Crippen molar-refractivity contribution >= 4 is 29.2 Å². The number of aromatic nitrogens is 2. The average Bonchev–Trinajstić information content (AvgIpc) is 2.72. The minimum atomic E-state index is -0.537. The van der Waals surface area contributed by atoms with E-state index in [1.54, 1.807) is 18.7 Å². The molecule has 2 aromatic heterocycles. The Morgan fingerprint density at radius 2 is 2.09 bits per heavy atom. The molecule has 2 aromatic rings. The topological polar surface area (TPSA) is 59.7 Å². The highest BCUT2D eigenvalue weighted by Crippen LogP contribution is 2.24. The van der Waals surface area contributed by atoms with E-state index in [9.17, 15) is 4.79 Å². The molecule has 6 nitrogen and oxygen atoms in total. The quantitative estimate of drug-likeness (QED) is 0.630. The van der Waals surface area contributed by atoms with E-state index in [2.05, 4.69) is 9.98 Å². The van der Waals surface area contributed by atoms with E-state index in [1.165, 1.54) is 4.57 Å². The van der Waals surface area contributed by atoms with Gasteiger partial charge in [-0.25, -0.2) is 14.8 Å². The van der Waals surface area contributed by atoms with E-state index in [-0.39, 0.29) is 0 Å². The Morgan fingerprint density at radius 1 is 1.41 bits per heavy atom. The van der Waals surface area contributed by atoms with Gasteiger partial charge in [0.1, 0.15) is 5.60 Å². The number of aryl methyl sites for hydroxylation is 1. The van der Waals surface area contributed by atoms with Crippen molar-refractivity contribution in [3.8, 4) is 0 Å². The van der Waals surface area contributed by atoms with Crippen molar-refractivity contribution in [1.29, 1.82) is 0 Å². The first-order chi connectivity index (χ1) is 10.2. The zero-order valence-corrected chi connectivity index (χ0v) is 13.9. The van der Waals surface area contributed by atoms with Gasteiger partial charge in [-0.05, 0) is 39.3 Å². The van der Waals surface area contributed by atoms with Crippen molar-refractivity contribution in [3.05, 3.63) is 24.0 Å². The highest BCUT2D eigenvalue weighted by molar-refractivity contribution is 5.92. The summed E-state index contributed by atoms with van der Waals surface area (Å²) in [4.78, 5) is 22.7. The third-order valence-electron chi connectivity index (χ3n) is 2.89. The summed E-state index contributed by atoms with van der Waals surface area (Å²) in [6.45, 7) is 7.48. The molecule has 0 aliphatic carbocycles. The lowest BCUT2D eigenvalue weighted by atomic mass is 10.2. The summed E-state index contributed by atoms with van der Waals surface area (Å²) in [7, 11) is 3.79. The van der Waals surface area contributed by atoms with Gasteiger partial charge in [-0.1, -0.05) is 0 Å². The lowest BCUT2D eigenvalue weighted by Crippen LogP contribution is -2.26. The Bertz CT molecular complexity index is 724. The Hall–Kier alpha value is -2.37. The summed E-state index contributed by atoms with van der Waals surface area (Å²) in [6, 6.07) is 1.87. The van der Waals surface area contributed by atoms with E-state index in [0.717, 1.165) is 16.5 Å². The van der Waals surface area contributed by atoms with Gasteiger partial charge in [0.2, 0.25) is 0 Å². The van der Waals surface area contributed by atoms with Crippen LogP contribution in [0.4, 0.5) is 10.6 Å². The second kappa shape index (κ2) is 5.79. The Kier molecular flexibility index (Phi) is 4.21. The zero-order chi connectivity index (χ0) is 16.5. The van der Waals surface area contributed by atoms with Gasteiger partial charge in [0.25, 0.3) is 0 Å². The molecule has 0 fully saturated rings. The fraction of sp³-hybridized carbons (Fsp3) is 0.438. The first-order valence-corrected chi connectivity index (χ1v) is 7.09. The molecule has 0 aromatic carbocycles. The standard InChI is InChI=1S/C16H22N4O2/c1-11-9-20(15(21)22-16(2,3)4)13-8-17-14(7-12(11)13)18-10-19(5)6/h7-10H,1-6H3/b18-10+. The average molecular weight is 302 g/mol. The third kappa shape index (κ3) is 3.63. The van der Waals surface area contributed by atoms with Gasteiger partial charge in [0.15, 0.2) is 5.82 Å². The van der Waals surface area contributed by atoms with Gasteiger partial charge < -0.3 is 9.64 Å². The van der Waals surface area contributed by atoms with Gasteiger partial charge in [-0.3, -0.25) is 4.57 Å². The van der Waals surface area contributed by atoms with Crippen LogP contribution in [0.3, 0.4) is 0 Å². The summed E-state index contributed by atoms with van der Waals surface area (Å²) in [5.74, 6) is 0.603. The van der Waals surface area contributed by atoms with Crippen LogP contribution in [0, 0.1) is 6.92 Å². The molecule has 0 atom stereocenters. The van der Waals surface area contributed by atoms with Gasteiger partial charge in [0, 0.05) is 25.7 Å². The number of carbonyl (C=O) groups is 1. The second-order valence-electron chi connectivity index (χ2n) is 6.43. The molecule has 2 heterocycles. The van der Waals surface area contributed by atoms with Crippen molar-refractivity contribution in [1.82, 2.24) is 14.5 Å². The molecule has 0 N–H and O–H groups in total. The SMILES string of the molecule is Cc1cn(C(=O)OC(C)(C)C)c2cnc(/N=C/N(C)C)cc12. The van der Waals surface area contributed by atoms with Crippen LogP contribution >= 0.6 is 0 Å². The molecule has 6 heteroatoms. The maximum atomic E-state index is 12.3. The predicted molar refractivity (Wildman–Crippen MR) is 87.9 cm³/mol. The highest BCUT2D eigenvalue weighted by Gasteiger charge is 2.20. The number of ether oxygens (including phenoxy) is 1. The molecule has 0 radical (unpaired) electrons. The van der Waals surface area contributed by atoms with Crippen molar-refractivity contribution in [3.63, 3.8) is 0 Å². The molecule has 0 amide bonds. The normalized spacial score (nSPS) is 12.1. The number of hydrogen-bond acceptors (Lipinski definition) is 4. The minimum Gasteiger partial charge on any atom is -0.443 e. The van der Waals surface area contributed by atoms with Crippen LogP contribution in [0.15, 0.2) is 23.5 Å². The second-order valence-corrected chi connectivity index (χ2v) is 6.43. The zero-order valence-electron chi connectivity index (χ0n) is 13.9. The molecule has 0 aliphatic heterocycles. The van der Waals surface area contributed by atoms with E-state index in [1.807, 2.05) is 52.8 Å². The lowest BCUT2D eigenvalue weighted by molar-refractivity contribution is 0.0544. The van der Waals surface area contributed by atoms with Crippen molar-refractivity contribution < 1.29 is 9.53 Å². The highest BCUT2D eigenvalue weighted by atomic mass is 16.6. The number of rotatable bonds is 2. The molecular formula is C16H22N4O2. The predicted octanol–water partition coefficient (Wildman–Crippen LogP) is 3.35. The molecule has 0 unspecified atom stereocenters. The van der Waals surface area contributed by atoms with Crippen LogP contribution in [0.25, 0.3) is 10.9 Å². The monoisotopic (exact) mass is 302 g/mol. The minimum absolute atomic E-state index is 0.406. The number of fused-ring (bicyclic) bond motifs is 1. The summed E-state index contributed by atoms with van der Waals surface area (Å²) < 4.78 is 6.90. The molecule has 0 bridgehead atoms. The van der Waals surface area contributed by atoms with E-state index >= 15 is 0 Å². The number of aliphatic imine (C=N–C) groups is 1. The summed E-state index contributed by atoms with van der Waals surface area (Å²) in [6.07, 6.45) is 4.69. The summed E-state index contributed by atoms with van der Waals surface area (Å²) >= 11 is 0. The van der Waals surface area contributed by atoms with Crippen LogP contribution in [-0.4, -0.2) is 46.6 Å². The van der Waals surface area contributed by atoms with E-state index < -0.39 is 11.7 Å². The van der Waals surface area contributed by atoms with E-state index in [4.69, 9.17) is 4.74 Å². The summed E-state index contributed by atoms with van der Waals surface area (Å²) in [5, 5.41) is 0.937. The van der Waals surface area contributed by atoms with E-state index in [0.29, 0.717) is 5.82 Å². The fourth-order valence-electron chi connectivity index (χ4n) is 1.99. The number of pyridine rings is 1. The van der Waals surface area contributed by atoms with Gasteiger partial charge in [0.05, 0.1) is 18.1 Å². The van der Waals surface area contributed by atoms with Gasteiger partial charge in [-0.15, -0.1) is 0 Å². The van der Waals surface area contributed by atoms with Crippen molar-refractivity contribution in [2.24, 2.45) is 4.99 Å². The first-order valence-electron chi connectivity index (χ1n) is 7.09. The van der Waals surface area contributed by atoms with Crippen molar-refractivity contribution in [2.75, 3.05) is 14.1 Å². The lowest BCUT2D eigenvalue weighted by Gasteiger charge is -2.19. The fourth-order valence-corrected chi connectivity index (χ4v) is 1.99. The van der Waals surface area contributed by atoms with Gasteiger partial charge in [-0.2, -0.15) is 0 Å². The Labute approximate surface area is 130 Å². The van der Waals surface area contributed by atoms with Crippen LogP contribution < -0.4 is 0 Å². The van der Waals surface area contributed by atoms with Crippen molar-refractivity contribution in [2.45, 2.75) is 33.3 Å². The number of hydrogen-bond donors (Lipinski definition) is 0. The first kappa shape index (κ1) is 16.0. The molecular weight excluding hydrogens is 280 g/mol. The maximum absolute atomic E-state index is 12.3. The third-order valence-corrected chi connectivity index (χ3v) is 2.89. The van der Waals surface area contributed by atoms with Crippen LogP contribution in [0.1, 0.15) is 26.3 Å². The number of carbonyl (C=O) groups excluding carboxylic acids is 1. The molecule has 0 spiro atoms. The Balaban J connectivity index is 2.41. The molecule has 22 heavy (non-hydrogen) atoms. The molecule has 2 rings (SSSR count). The van der Waals surface area contributed by atoms with Crippen LogP contribution in [0.5, 0.6) is 0 Å². The van der Waals surface area contributed by atoms with Gasteiger partial charge >= 0.3 is 6.09 Å². The largest absolute Gasteiger partial charge is 0.443 e. The Morgan fingerprint density at radius 3 is 2.68 bits per heavy atom. The van der Waals surface area contributed by atoms with Crippen LogP contribution in [-0.2, 0) is 4.74 Å². The smallest absolute Gasteiger partial charge is 0.419 e. The van der Waals surface area contributed by atoms with Crippen LogP contribution in [0.2, 0.25) is 0 Å². The molecule has 118 valence electrons. The maximum Gasteiger partial charge on any atom is 0.419 e. The molecule has 0 aliphatic rings. The number of nitrogens with zero attached hydrogens (tertiary/aromatic N) is 4. The summed E-state index contributed by atoms with van der Waals surface area (Å²) in [5.41, 5.74) is 1.16. The molecule has 0 saturated heterocycles.